The first-order valence-corrected chi connectivity index (χ1v) is 8.09. The van der Waals surface area contributed by atoms with E-state index in [0.717, 1.165) is 55.1 Å². The molecule has 2 aliphatic heterocycles. The van der Waals surface area contributed by atoms with E-state index >= 15 is 0 Å². The van der Waals surface area contributed by atoms with Crippen LogP contribution in [0, 0.1) is 0 Å². The Hall–Kier alpha value is -2.34. The molecule has 0 radical (unpaired) electrons. The molecule has 2 aromatic rings. The number of carbonyl (C=O) groups excluding carboxylic acids is 1. The van der Waals surface area contributed by atoms with Crippen molar-refractivity contribution in [3.05, 3.63) is 47.0 Å². The Morgan fingerprint density at radius 2 is 2.35 bits per heavy atom. The number of ether oxygens (including phenoxy) is 1. The van der Waals surface area contributed by atoms with E-state index in [1.807, 2.05) is 12.1 Å². The fourth-order valence-electron chi connectivity index (χ4n) is 3.25. The second-order valence-corrected chi connectivity index (χ2v) is 6.02. The summed E-state index contributed by atoms with van der Waals surface area (Å²) in [5.74, 6) is 0.938. The van der Waals surface area contributed by atoms with Gasteiger partial charge in [-0.1, -0.05) is 12.1 Å². The third kappa shape index (κ3) is 2.82. The molecule has 3 heterocycles. The summed E-state index contributed by atoms with van der Waals surface area (Å²) in [5, 5.41) is 6.24. The van der Waals surface area contributed by atoms with Gasteiger partial charge in [0.2, 0.25) is 5.91 Å². The molecule has 23 heavy (non-hydrogen) atoms. The lowest BCUT2D eigenvalue weighted by Gasteiger charge is -2.22. The highest BCUT2D eigenvalue weighted by Gasteiger charge is 2.28. The van der Waals surface area contributed by atoms with Gasteiger partial charge in [0.25, 0.3) is 0 Å². The maximum Gasteiger partial charge on any atom is 0.243 e. The van der Waals surface area contributed by atoms with Crippen LogP contribution in [0.3, 0.4) is 0 Å². The highest BCUT2D eigenvalue weighted by atomic mass is 16.5. The first kappa shape index (κ1) is 14.3. The molecule has 0 aliphatic carbocycles. The zero-order chi connectivity index (χ0) is 15.6. The highest BCUT2D eigenvalue weighted by Crippen LogP contribution is 2.25. The molecular weight excluding hydrogens is 292 g/mol. The number of hydrogen-bond acceptors (Lipinski definition) is 4. The molecule has 1 aromatic carbocycles. The molecule has 0 saturated heterocycles. The summed E-state index contributed by atoms with van der Waals surface area (Å²) in [7, 11) is 0. The van der Waals surface area contributed by atoms with E-state index in [-0.39, 0.29) is 11.9 Å². The van der Waals surface area contributed by atoms with Crippen LogP contribution in [0.1, 0.15) is 35.0 Å². The molecule has 6 heteroatoms. The standard InChI is InChI=1S/C17H20N4O2/c22-17(16-15-13(5-6-18-16)20-10-21-15)19-9-11-3-4-14-12(8-11)2-1-7-23-14/h3-4,8,10,16,18H,1-2,5-7,9H2,(H,19,22)(H,20,21)/t16-/m0/s1. The van der Waals surface area contributed by atoms with E-state index in [1.165, 1.54) is 5.56 Å². The zero-order valence-corrected chi connectivity index (χ0v) is 12.9. The van der Waals surface area contributed by atoms with Gasteiger partial charge in [0.15, 0.2) is 0 Å². The summed E-state index contributed by atoms with van der Waals surface area (Å²) in [6.45, 7) is 2.09. The van der Waals surface area contributed by atoms with Gasteiger partial charge in [-0.15, -0.1) is 0 Å². The zero-order valence-electron chi connectivity index (χ0n) is 12.9. The maximum atomic E-state index is 12.5. The molecule has 2 aliphatic rings. The van der Waals surface area contributed by atoms with Crippen LogP contribution < -0.4 is 15.4 Å². The van der Waals surface area contributed by atoms with Gasteiger partial charge < -0.3 is 20.4 Å². The lowest BCUT2D eigenvalue weighted by atomic mass is 10.0. The topological polar surface area (TPSA) is 79.0 Å². The monoisotopic (exact) mass is 312 g/mol. The Bertz CT molecular complexity index is 725. The van der Waals surface area contributed by atoms with Crippen LogP contribution in [0.2, 0.25) is 0 Å². The van der Waals surface area contributed by atoms with E-state index in [4.69, 9.17) is 4.74 Å². The number of aromatic amines is 1. The van der Waals surface area contributed by atoms with Gasteiger partial charge in [0, 0.05) is 25.2 Å². The number of aryl methyl sites for hydroxylation is 1. The van der Waals surface area contributed by atoms with Gasteiger partial charge in [-0.3, -0.25) is 4.79 Å². The van der Waals surface area contributed by atoms with Gasteiger partial charge in [0.1, 0.15) is 11.8 Å². The average Bonchev–Trinajstić information content (AvgIpc) is 3.08. The number of nitrogens with zero attached hydrogens (tertiary/aromatic N) is 1. The summed E-state index contributed by atoms with van der Waals surface area (Å²) in [6.07, 6.45) is 4.63. The fourth-order valence-corrected chi connectivity index (χ4v) is 3.25. The van der Waals surface area contributed by atoms with Crippen molar-refractivity contribution in [1.82, 2.24) is 20.6 Å². The number of aromatic nitrogens is 2. The molecular formula is C17H20N4O2. The van der Waals surface area contributed by atoms with Crippen molar-refractivity contribution < 1.29 is 9.53 Å². The van der Waals surface area contributed by atoms with Gasteiger partial charge in [-0.05, 0) is 30.0 Å². The molecule has 1 amide bonds. The molecule has 0 unspecified atom stereocenters. The molecule has 3 N–H and O–H groups in total. The lowest BCUT2D eigenvalue weighted by Crippen LogP contribution is -2.41. The molecule has 0 spiro atoms. The van der Waals surface area contributed by atoms with Gasteiger partial charge in [0.05, 0.1) is 18.6 Å². The summed E-state index contributed by atoms with van der Waals surface area (Å²) >= 11 is 0. The van der Waals surface area contributed by atoms with E-state index in [0.29, 0.717) is 6.54 Å². The van der Waals surface area contributed by atoms with Crippen LogP contribution in [0.25, 0.3) is 0 Å². The quantitative estimate of drug-likeness (QED) is 0.797. The minimum atomic E-state index is -0.369. The fraction of sp³-hybridized carbons (Fsp3) is 0.412. The Morgan fingerprint density at radius 1 is 1.39 bits per heavy atom. The van der Waals surface area contributed by atoms with E-state index in [1.54, 1.807) is 6.33 Å². The first-order chi connectivity index (χ1) is 11.3. The van der Waals surface area contributed by atoms with E-state index in [2.05, 4.69) is 26.7 Å². The molecule has 1 atom stereocenters. The predicted molar refractivity (Wildman–Crippen MR) is 85.1 cm³/mol. The molecule has 6 nitrogen and oxygen atoms in total. The number of rotatable bonds is 3. The predicted octanol–water partition coefficient (Wildman–Crippen LogP) is 1.24. The number of carbonyl (C=O) groups is 1. The van der Waals surface area contributed by atoms with Crippen LogP contribution in [0.5, 0.6) is 5.75 Å². The minimum absolute atomic E-state index is 0.0352. The van der Waals surface area contributed by atoms with Crippen molar-refractivity contribution >= 4 is 5.91 Å². The van der Waals surface area contributed by atoms with Gasteiger partial charge in [-0.25, -0.2) is 4.98 Å². The SMILES string of the molecule is O=C(NCc1ccc2c(c1)CCCO2)[C@H]1NCCc2[nH]cnc21. The van der Waals surface area contributed by atoms with Crippen molar-refractivity contribution in [2.24, 2.45) is 0 Å². The number of nitrogens with one attached hydrogen (secondary N) is 3. The van der Waals surface area contributed by atoms with Crippen molar-refractivity contribution in [2.75, 3.05) is 13.2 Å². The summed E-state index contributed by atoms with van der Waals surface area (Å²) in [6, 6.07) is 5.77. The van der Waals surface area contributed by atoms with E-state index < -0.39 is 0 Å². The number of hydrogen-bond donors (Lipinski definition) is 3. The largest absolute Gasteiger partial charge is 0.493 e. The summed E-state index contributed by atoms with van der Waals surface area (Å²) in [4.78, 5) is 19.9. The first-order valence-electron chi connectivity index (χ1n) is 8.09. The smallest absolute Gasteiger partial charge is 0.243 e. The molecule has 120 valence electrons. The number of H-pyrrole nitrogens is 1. The minimum Gasteiger partial charge on any atom is -0.493 e. The van der Waals surface area contributed by atoms with Gasteiger partial charge >= 0.3 is 0 Å². The van der Waals surface area contributed by atoms with Crippen LogP contribution >= 0.6 is 0 Å². The summed E-state index contributed by atoms with van der Waals surface area (Å²) < 4.78 is 5.62. The highest BCUT2D eigenvalue weighted by molar-refractivity contribution is 5.83. The van der Waals surface area contributed by atoms with Crippen molar-refractivity contribution in [3.8, 4) is 5.75 Å². The third-order valence-corrected chi connectivity index (χ3v) is 4.45. The van der Waals surface area contributed by atoms with Crippen molar-refractivity contribution in [2.45, 2.75) is 31.8 Å². The average molecular weight is 312 g/mol. The van der Waals surface area contributed by atoms with Crippen LogP contribution in [0.4, 0.5) is 0 Å². The number of amides is 1. The Kier molecular flexibility index (Phi) is 3.75. The number of fused-ring (bicyclic) bond motifs is 2. The maximum absolute atomic E-state index is 12.5. The second-order valence-electron chi connectivity index (χ2n) is 6.02. The third-order valence-electron chi connectivity index (χ3n) is 4.45. The van der Waals surface area contributed by atoms with Crippen molar-refractivity contribution in [3.63, 3.8) is 0 Å². The lowest BCUT2D eigenvalue weighted by molar-refractivity contribution is -0.123. The summed E-state index contributed by atoms with van der Waals surface area (Å²) in [5.41, 5.74) is 4.19. The van der Waals surface area contributed by atoms with Crippen LogP contribution in [0.15, 0.2) is 24.5 Å². The van der Waals surface area contributed by atoms with Crippen molar-refractivity contribution in [1.29, 1.82) is 0 Å². The molecule has 1 aromatic heterocycles. The Morgan fingerprint density at radius 3 is 3.30 bits per heavy atom. The molecule has 0 saturated carbocycles. The molecule has 4 rings (SSSR count). The van der Waals surface area contributed by atoms with E-state index in [9.17, 15) is 4.79 Å². The number of benzene rings is 1. The van der Waals surface area contributed by atoms with Crippen LogP contribution in [-0.2, 0) is 24.2 Å². The Labute approximate surface area is 134 Å². The molecule has 0 fully saturated rings. The second kappa shape index (κ2) is 6.04. The molecule has 0 bridgehead atoms. The normalized spacial score (nSPS) is 19.4. The Balaban J connectivity index is 1.43. The van der Waals surface area contributed by atoms with Gasteiger partial charge in [-0.2, -0.15) is 0 Å². The number of imidazole rings is 1. The van der Waals surface area contributed by atoms with Crippen LogP contribution in [-0.4, -0.2) is 29.0 Å².